The van der Waals surface area contributed by atoms with Crippen LogP contribution in [0, 0.1) is 11.6 Å². The quantitative estimate of drug-likeness (QED) is 0.215. The first-order valence-corrected chi connectivity index (χ1v) is 20.2. The summed E-state index contributed by atoms with van der Waals surface area (Å²) in [5.41, 5.74) is 4.38. The van der Waals surface area contributed by atoms with Crippen LogP contribution in [0.5, 0.6) is 0 Å². The maximum atomic E-state index is 15.3. The lowest BCUT2D eigenvalue weighted by Gasteiger charge is -2.42. The third kappa shape index (κ3) is 6.46. The standard InChI is InChI=1S/C43H44ClF2N9O3/c1-24-21-51(12-14-53(24)27-8-10-30-35(18-27)55-34-7-5-6-31(44)38(34)40(58)50-41(55)43(30,3)4)23-26-19-47-42(48-20-26)54-15-13-52(22-25(54)2)28-16-32(45)37(33(46)17-28)29-9-11-36(56)49-39(29)57/h5-8,10,16-20,24-25,29H,9,11-15,21-23H2,1-4H3,(H,49,56,57)/t24-,25-,29?/m1/s1. The topological polar surface area (TPSA) is 120 Å². The number of amides is 2. The zero-order chi connectivity index (χ0) is 40.6. The number of fused-ring (bicyclic) bond motifs is 5. The molecule has 58 heavy (non-hydrogen) atoms. The molecule has 3 fully saturated rings. The molecule has 3 atom stereocenters. The average molecular weight is 808 g/mol. The van der Waals surface area contributed by atoms with Gasteiger partial charge in [0.1, 0.15) is 17.5 Å². The second-order valence-corrected chi connectivity index (χ2v) is 16.9. The van der Waals surface area contributed by atoms with Gasteiger partial charge in [-0.15, -0.1) is 0 Å². The smallest absolute Gasteiger partial charge is 0.282 e. The van der Waals surface area contributed by atoms with Crippen molar-refractivity contribution in [3.8, 4) is 5.69 Å². The van der Waals surface area contributed by atoms with E-state index in [1.54, 1.807) is 6.07 Å². The van der Waals surface area contributed by atoms with Crippen LogP contribution in [0.15, 0.2) is 65.7 Å². The molecule has 15 heteroatoms. The fourth-order valence-electron chi connectivity index (χ4n) is 9.36. The Balaban J connectivity index is 0.838. The lowest BCUT2D eigenvalue weighted by Crippen LogP contribution is -2.53. The second kappa shape index (κ2) is 14.4. The van der Waals surface area contributed by atoms with Crippen LogP contribution >= 0.6 is 11.6 Å². The van der Waals surface area contributed by atoms with Crippen molar-refractivity contribution in [2.75, 3.05) is 54.0 Å². The predicted molar refractivity (Wildman–Crippen MR) is 219 cm³/mol. The first-order chi connectivity index (χ1) is 27.8. The molecule has 1 unspecified atom stereocenters. The fraction of sp³-hybridized carbons (Fsp3) is 0.395. The van der Waals surface area contributed by atoms with E-state index < -0.39 is 34.8 Å². The number of rotatable bonds is 6. The van der Waals surface area contributed by atoms with E-state index in [4.69, 9.17) is 21.6 Å². The molecule has 1 N–H and O–H groups in total. The van der Waals surface area contributed by atoms with Crippen LogP contribution in [0.1, 0.15) is 69.0 Å². The van der Waals surface area contributed by atoms with E-state index in [1.165, 1.54) is 12.1 Å². The first-order valence-electron chi connectivity index (χ1n) is 19.8. The summed E-state index contributed by atoms with van der Waals surface area (Å²) in [6, 6.07) is 14.9. The van der Waals surface area contributed by atoms with Gasteiger partial charge in [0.2, 0.25) is 17.8 Å². The number of nitrogens with one attached hydrogen (secondary N) is 1. The molecule has 0 aliphatic carbocycles. The van der Waals surface area contributed by atoms with Gasteiger partial charge in [0, 0.05) is 99.2 Å². The largest absolute Gasteiger partial charge is 0.368 e. The highest BCUT2D eigenvalue weighted by Gasteiger charge is 2.40. The number of nitrogens with zero attached hydrogens (tertiary/aromatic N) is 8. The number of benzene rings is 3. The number of carbonyl (C=O) groups is 2. The molecule has 2 aromatic heterocycles. The Hall–Kier alpha value is -5.47. The lowest BCUT2D eigenvalue weighted by molar-refractivity contribution is -0.134. The zero-order valence-corrected chi connectivity index (χ0v) is 33.6. The number of hydrogen-bond acceptors (Lipinski definition) is 10. The fourth-order valence-corrected chi connectivity index (χ4v) is 9.61. The molecular weight excluding hydrogens is 764 g/mol. The molecule has 3 aromatic carbocycles. The minimum Gasteiger partial charge on any atom is -0.368 e. The Bertz CT molecular complexity index is 2520. The number of imide groups is 1. The van der Waals surface area contributed by atoms with Gasteiger partial charge in [-0.3, -0.25) is 29.2 Å². The maximum absolute atomic E-state index is 15.3. The predicted octanol–water partition coefficient (Wildman–Crippen LogP) is 5.69. The highest BCUT2D eigenvalue weighted by atomic mass is 35.5. The minimum absolute atomic E-state index is 0.0384. The molecule has 0 saturated carbocycles. The number of aromatic nitrogens is 4. The van der Waals surface area contributed by atoms with E-state index in [2.05, 4.69) is 68.5 Å². The van der Waals surface area contributed by atoms with Gasteiger partial charge < -0.3 is 14.7 Å². The summed E-state index contributed by atoms with van der Waals surface area (Å²) in [4.78, 5) is 59.8. The van der Waals surface area contributed by atoms with Gasteiger partial charge in [0.05, 0.1) is 32.9 Å². The van der Waals surface area contributed by atoms with Gasteiger partial charge in [-0.25, -0.2) is 18.7 Å². The van der Waals surface area contributed by atoms with E-state index >= 15 is 8.78 Å². The van der Waals surface area contributed by atoms with Gasteiger partial charge in [0.25, 0.3) is 5.56 Å². The summed E-state index contributed by atoms with van der Waals surface area (Å²) in [6.45, 7) is 13.3. The number of anilines is 3. The molecule has 12 nitrogen and oxygen atoms in total. The van der Waals surface area contributed by atoms with E-state index in [9.17, 15) is 14.4 Å². The summed E-state index contributed by atoms with van der Waals surface area (Å²) >= 11 is 6.50. The maximum Gasteiger partial charge on any atom is 0.282 e. The molecule has 9 rings (SSSR count). The third-order valence-electron chi connectivity index (χ3n) is 12.4. The van der Waals surface area contributed by atoms with Crippen molar-refractivity contribution in [1.82, 2.24) is 29.7 Å². The van der Waals surface area contributed by atoms with Crippen LogP contribution in [0.25, 0.3) is 16.6 Å². The molecule has 6 heterocycles. The molecule has 2 amide bonds. The van der Waals surface area contributed by atoms with Gasteiger partial charge in [-0.2, -0.15) is 4.98 Å². The lowest BCUT2D eigenvalue weighted by atomic mass is 9.85. The Labute approximate surface area is 339 Å². The Morgan fingerprint density at radius 1 is 0.879 bits per heavy atom. The summed E-state index contributed by atoms with van der Waals surface area (Å²) in [5.74, 6) is -2.39. The minimum atomic E-state index is -1.03. The number of piperidine rings is 1. The summed E-state index contributed by atoms with van der Waals surface area (Å²) in [5, 5.41) is 3.01. The van der Waals surface area contributed by atoms with Crippen LogP contribution < -0.4 is 25.6 Å². The molecule has 5 aromatic rings. The molecular formula is C43H44ClF2N9O3. The molecule has 0 radical (unpaired) electrons. The van der Waals surface area contributed by atoms with Crippen LogP contribution in [-0.2, 0) is 21.5 Å². The van der Waals surface area contributed by atoms with Gasteiger partial charge in [-0.1, -0.05) is 23.7 Å². The SMILES string of the molecule is C[C@@H]1CN(Cc2cnc(N3CCN(c4cc(F)c(C5CCC(=O)NC5=O)c(F)c4)C[C@H]3C)nc2)CCN1c1ccc2c(c1)-n1c(nc(=O)c3c(Cl)cccc31)C2(C)C. The van der Waals surface area contributed by atoms with Crippen molar-refractivity contribution in [3.05, 3.63) is 110 Å². The van der Waals surface area contributed by atoms with Crippen LogP contribution in [0.3, 0.4) is 0 Å². The molecule has 4 aliphatic rings. The van der Waals surface area contributed by atoms with Crippen molar-refractivity contribution in [2.24, 2.45) is 0 Å². The van der Waals surface area contributed by atoms with Crippen molar-refractivity contribution in [2.45, 2.75) is 70.5 Å². The van der Waals surface area contributed by atoms with Gasteiger partial charge >= 0.3 is 0 Å². The van der Waals surface area contributed by atoms with E-state index in [-0.39, 0.29) is 36.0 Å². The summed E-state index contributed by atoms with van der Waals surface area (Å²) < 4.78 is 32.7. The normalized spacial score (nSPS) is 22.0. The van der Waals surface area contributed by atoms with Crippen molar-refractivity contribution >= 4 is 51.6 Å². The molecule has 0 spiro atoms. The number of halogens is 3. The van der Waals surface area contributed by atoms with E-state index in [1.807, 2.05) is 36.4 Å². The molecule has 3 saturated heterocycles. The molecule has 4 aliphatic heterocycles. The Kier molecular flexibility index (Phi) is 9.46. The van der Waals surface area contributed by atoms with Crippen LogP contribution in [-0.4, -0.2) is 87.6 Å². The van der Waals surface area contributed by atoms with Crippen LogP contribution in [0.2, 0.25) is 5.02 Å². The highest BCUT2D eigenvalue weighted by Crippen LogP contribution is 2.45. The zero-order valence-electron chi connectivity index (χ0n) is 32.8. The van der Waals surface area contributed by atoms with Crippen LogP contribution in [0.4, 0.5) is 26.1 Å². The van der Waals surface area contributed by atoms with Gasteiger partial charge in [0.15, 0.2) is 0 Å². The molecule has 0 bridgehead atoms. The first kappa shape index (κ1) is 38.1. The summed E-state index contributed by atoms with van der Waals surface area (Å²) in [6.07, 6.45) is 3.88. The van der Waals surface area contributed by atoms with Crippen molar-refractivity contribution in [1.29, 1.82) is 0 Å². The number of piperazine rings is 2. The second-order valence-electron chi connectivity index (χ2n) is 16.5. The van der Waals surface area contributed by atoms with E-state index in [0.29, 0.717) is 54.0 Å². The number of carbonyl (C=O) groups excluding carboxylic acids is 2. The Morgan fingerprint density at radius 3 is 2.31 bits per heavy atom. The van der Waals surface area contributed by atoms with Crippen molar-refractivity contribution in [3.63, 3.8) is 0 Å². The summed E-state index contributed by atoms with van der Waals surface area (Å²) in [7, 11) is 0. The highest BCUT2D eigenvalue weighted by molar-refractivity contribution is 6.35. The van der Waals surface area contributed by atoms with Gasteiger partial charge in [-0.05, 0) is 76.1 Å². The third-order valence-corrected chi connectivity index (χ3v) is 12.7. The number of hydrogen-bond donors (Lipinski definition) is 1. The molecule has 300 valence electrons. The average Bonchev–Trinajstić information content (AvgIpc) is 3.40. The monoisotopic (exact) mass is 807 g/mol. The van der Waals surface area contributed by atoms with Crippen molar-refractivity contribution < 1.29 is 18.4 Å². The Morgan fingerprint density at radius 2 is 1.60 bits per heavy atom. The van der Waals surface area contributed by atoms with E-state index in [0.717, 1.165) is 47.7 Å².